The fraction of sp³-hybridized carbons (Fsp3) is 0.0556. The van der Waals surface area contributed by atoms with Crippen LogP contribution >= 0.6 is 11.6 Å². The van der Waals surface area contributed by atoms with E-state index in [9.17, 15) is 0 Å². The molecule has 3 aromatic heterocycles. The van der Waals surface area contributed by atoms with Crippen LogP contribution in [0.2, 0.25) is 5.02 Å². The second-order valence-electron chi connectivity index (χ2n) is 5.41. The number of hydrogen-bond donors (Lipinski definition) is 2. The standard InChI is InChI=1S/C18H14ClN5O/c19-13-3-1-12(2-4-13)16-15(11-5-7-21-8-6-11)17(24-23-16)18-22-14(9-20)10-25-18/h1-8,10H,9,20H2,(H,23,24). The van der Waals surface area contributed by atoms with Gasteiger partial charge in [0.15, 0.2) is 0 Å². The fourth-order valence-electron chi connectivity index (χ4n) is 2.63. The van der Waals surface area contributed by atoms with Gasteiger partial charge in [-0.25, -0.2) is 4.98 Å². The number of hydrogen-bond acceptors (Lipinski definition) is 5. The molecule has 6 nitrogen and oxygen atoms in total. The fourth-order valence-corrected chi connectivity index (χ4v) is 2.75. The minimum absolute atomic E-state index is 0.312. The van der Waals surface area contributed by atoms with Crippen LogP contribution in [0.15, 0.2) is 59.5 Å². The highest BCUT2D eigenvalue weighted by atomic mass is 35.5. The third-order valence-electron chi connectivity index (χ3n) is 3.83. The highest BCUT2D eigenvalue weighted by Gasteiger charge is 2.21. The van der Waals surface area contributed by atoms with Gasteiger partial charge in [0.05, 0.1) is 5.69 Å². The van der Waals surface area contributed by atoms with Gasteiger partial charge >= 0.3 is 0 Å². The number of nitrogens with two attached hydrogens (primary N) is 1. The Morgan fingerprint density at radius 1 is 1.04 bits per heavy atom. The molecule has 0 fully saturated rings. The molecule has 3 heterocycles. The van der Waals surface area contributed by atoms with Gasteiger partial charge in [-0.05, 0) is 29.8 Å². The molecule has 4 rings (SSSR count). The highest BCUT2D eigenvalue weighted by molar-refractivity contribution is 6.30. The Labute approximate surface area is 148 Å². The molecule has 0 radical (unpaired) electrons. The maximum atomic E-state index is 6.00. The lowest BCUT2D eigenvalue weighted by atomic mass is 10.00. The van der Waals surface area contributed by atoms with Crippen molar-refractivity contribution in [1.29, 1.82) is 0 Å². The van der Waals surface area contributed by atoms with Gasteiger partial charge in [0.1, 0.15) is 17.7 Å². The highest BCUT2D eigenvalue weighted by Crippen LogP contribution is 2.37. The van der Waals surface area contributed by atoms with Gasteiger partial charge < -0.3 is 10.2 Å². The maximum Gasteiger partial charge on any atom is 0.245 e. The molecule has 0 unspecified atom stereocenters. The summed E-state index contributed by atoms with van der Waals surface area (Å²) in [5, 5.41) is 8.19. The topological polar surface area (TPSA) is 93.6 Å². The number of oxazole rings is 1. The Bertz CT molecular complexity index is 992. The Morgan fingerprint density at radius 2 is 1.80 bits per heavy atom. The van der Waals surface area contributed by atoms with E-state index >= 15 is 0 Å². The Balaban J connectivity index is 1.92. The molecule has 0 atom stereocenters. The molecule has 7 heteroatoms. The van der Waals surface area contributed by atoms with Gasteiger partial charge in [0.25, 0.3) is 0 Å². The minimum atomic E-state index is 0.312. The molecule has 124 valence electrons. The quantitative estimate of drug-likeness (QED) is 0.581. The van der Waals surface area contributed by atoms with E-state index in [1.54, 1.807) is 18.7 Å². The summed E-state index contributed by atoms with van der Waals surface area (Å²) in [5.41, 5.74) is 10.6. The average Bonchev–Trinajstić information content (AvgIpc) is 3.30. The first-order valence-corrected chi connectivity index (χ1v) is 8.03. The first-order chi connectivity index (χ1) is 12.3. The molecule has 3 N–H and O–H groups in total. The smallest absolute Gasteiger partial charge is 0.245 e. The normalized spacial score (nSPS) is 11.0. The summed E-state index contributed by atoms with van der Waals surface area (Å²) >= 11 is 6.00. The first-order valence-electron chi connectivity index (χ1n) is 7.66. The van der Waals surface area contributed by atoms with Crippen LogP contribution in [-0.4, -0.2) is 20.2 Å². The van der Waals surface area contributed by atoms with E-state index in [2.05, 4.69) is 20.2 Å². The molecule has 0 saturated heterocycles. The zero-order valence-electron chi connectivity index (χ0n) is 13.1. The number of aromatic amines is 1. The summed E-state index contributed by atoms with van der Waals surface area (Å²) in [5.74, 6) is 0.444. The zero-order valence-corrected chi connectivity index (χ0v) is 13.9. The molecule has 25 heavy (non-hydrogen) atoms. The van der Waals surface area contributed by atoms with E-state index < -0.39 is 0 Å². The van der Waals surface area contributed by atoms with Crippen LogP contribution in [0.25, 0.3) is 34.0 Å². The van der Waals surface area contributed by atoms with Gasteiger partial charge in [0.2, 0.25) is 5.89 Å². The van der Waals surface area contributed by atoms with Crippen molar-refractivity contribution < 1.29 is 4.42 Å². The molecule has 4 aromatic rings. The third kappa shape index (κ3) is 2.93. The van der Waals surface area contributed by atoms with E-state index in [4.69, 9.17) is 21.8 Å². The lowest BCUT2D eigenvalue weighted by Crippen LogP contribution is -1.95. The molecular formula is C18H14ClN5O. The largest absolute Gasteiger partial charge is 0.443 e. The van der Waals surface area contributed by atoms with Crippen molar-refractivity contribution in [3.8, 4) is 34.0 Å². The monoisotopic (exact) mass is 351 g/mol. The summed E-state index contributed by atoms with van der Waals surface area (Å²) in [6, 6.07) is 11.3. The number of pyridine rings is 1. The third-order valence-corrected chi connectivity index (χ3v) is 4.08. The number of nitrogens with one attached hydrogen (secondary N) is 1. The molecule has 0 aliphatic rings. The van der Waals surface area contributed by atoms with Crippen LogP contribution in [0.5, 0.6) is 0 Å². The molecule has 0 saturated carbocycles. The summed E-state index contributed by atoms with van der Waals surface area (Å²) in [6.07, 6.45) is 5.02. The average molecular weight is 352 g/mol. The molecule has 0 bridgehead atoms. The Morgan fingerprint density at radius 3 is 2.48 bits per heavy atom. The van der Waals surface area contributed by atoms with Crippen molar-refractivity contribution in [2.24, 2.45) is 5.73 Å². The van der Waals surface area contributed by atoms with Gasteiger partial charge in [-0.2, -0.15) is 5.10 Å². The summed E-state index contributed by atoms with van der Waals surface area (Å²) in [4.78, 5) is 8.49. The van der Waals surface area contributed by atoms with Crippen molar-refractivity contribution in [2.45, 2.75) is 6.54 Å². The zero-order chi connectivity index (χ0) is 17.2. The molecule has 0 aliphatic heterocycles. The Kier molecular flexibility index (Phi) is 4.05. The van der Waals surface area contributed by atoms with Crippen molar-refractivity contribution in [2.75, 3.05) is 0 Å². The predicted molar refractivity (Wildman–Crippen MR) is 95.7 cm³/mol. The van der Waals surface area contributed by atoms with Crippen LogP contribution in [-0.2, 0) is 6.54 Å². The van der Waals surface area contributed by atoms with E-state index in [0.29, 0.717) is 28.8 Å². The van der Waals surface area contributed by atoms with Gasteiger partial charge in [0, 0.05) is 35.1 Å². The van der Waals surface area contributed by atoms with E-state index in [1.165, 1.54) is 0 Å². The summed E-state index contributed by atoms with van der Waals surface area (Å²) < 4.78 is 5.57. The first kappa shape index (κ1) is 15.6. The number of halogens is 1. The van der Waals surface area contributed by atoms with Gasteiger partial charge in [-0.3, -0.25) is 10.1 Å². The van der Waals surface area contributed by atoms with Crippen LogP contribution in [0, 0.1) is 0 Å². The number of rotatable bonds is 4. The second-order valence-corrected chi connectivity index (χ2v) is 5.85. The maximum absolute atomic E-state index is 6.00. The van der Waals surface area contributed by atoms with E-state index in [1.807, 2.05) is 36.4 Å². The van der Waals surface area contributed by atoms with Gasteiger partial charge in [-0.1, -0.05) is 23.7 Å². The van der Waals surface area contributed by atoms with Crippen molar-refractivity contribution >= 4 is 11.6 Å². The van der Waals surface area contributed by atoms with Crippen molar-refractivity contribution in [3.05, 3.63) is 65.8 Å². The predicted octanol–water partition coefficient (Wildman–Crippen LogP) is 3.91. The van der Waals surface area contributed by atoms with Crippen molar-refractivity contribution in [3.63, 3.8) is 0 Å². The van der Waals surface area contributed by atoms with Gasteiger partial charge in [-0.15, -0.1) is 0 Å². The van der Waals surface area contributed by atoms with Crippen LogP contribution < -0.4 is 5.73 Å². The number of H-pyrrole nitrogens is 1. The molecular weight excluding hydrogens is 338 g/mol. The summed E-state index contributed by atoms with van der Waals surface area (Å²) in [7, 11) is 0. The molecule has 0 amide bonds. The number of benzene rings is 1. The van der Waals surface area contributed by atoms with Crippen LogP contribution in [0.4, 0.5) is 0 Å². The molecule has 0 spiro atoms. The second kappa shape index (κ2) is 6.51. The lowest BCUT2D eigenvalue weighted by Gasteiger charge is -2.05. The van der Waals surface area contributed by atoms with E-state index in [0.717, 1.165) is 22.4 Å². The van der Waals surface area contributed by atoms with Crippen molar-refractivity contribution in [1.82, 2.24) is 20.2 Å². The minimum Gasteiger partial charge on any atom is -0.443 e. The Hall–Kier alpha value is -2.96. The number of nitrogens with zero attached hydrogens (tertiary/aromatic N) is 3. The summed E-state index contributed by atoms with van der Waals surface area (Å²) in [6.45, 7) is 0.312. The van der Waals surface area contributed by atoms with Crippen LogP contribution in [0.1, 0.15) is 5.69 Å². The van der Waals surface area contributed by atoms with Crippen LogP contribution in [0.3, 0.4) is 0 Å². The molecule has 1 aromatic carbocycles. The SMILES string of the molecule is NCc1coc(-c2[nH]nc(-c3ccc(Cl)cc3)c2-c2ccncc2)n1. The lowest BCUT2D eigenvalue weighted by molar-refractivity contribution is 0.570. The van der Waals surface area contributed by atoms with E-state index in [-0.39, 0.29) is 0 Å². The molecule has 0 aliphatic carbocycles. The number of aromatic nitrogens is 4.